The number of ketones is 1. The Morgan fingerprint density at radius 2 is 1.75 bits per heavy atom. The maximum Gasteiger partial charge on any atom is 0.328 e. The third-order valence-electron chi connectivity index (χ3n) is 5.57. The molecular weight excluding hydrogens is 358 g/mol. The summed E-state index contributed by atoms with van der Waals surface area (Å²) in [6, 6.07) is 8.90. The van der Waals surface area contributed by atoms with Gasteiger partial charge in [-0.25, -0.2) is 9.79 Å². The molecule has 3 heterocycles. The second kappa shape index (κ2) is 6.47. The lowest BCUT2D eigenvalue weighted by atomic mass is 10.1. The fourth-order valence-electron chi connectivity index (χ4n) is 4.00. The van der Waals surface area contributed by atoms with Crippen molar-refractivity contribution >= 4 is 23.7 Å². The summed E-state index contributed by atoms with van der Waals surface area (Å²) in [5.74, 6) is 0.0607. The Morgan fingerprint density at radius 3 is 2.39 bits per heavy atom. The average Bonchev–Trinajstić information content (AvgIpc) is 3.16. The molecule has 3 amide bonds. The number of nitrogens with zero attached hydrogens (tertiary/aromatic N) is 5. The normalized spacial score (nSPS) is 24.1. The van der Waals surface area contributed by atoms with E-state index in [2.05, 4.69) is 4.90 Å². The van der Waals surface area contributed by atoms with Crippen LogP contribution in [0.3, 0.4) is 0 Å². The van der Waals surface area contributed by atoms with Gasteiger partial charge in [-0.2, -0.15) is 0 Å². The summed E-state index contributed by atoms with van der Waals surface area (Å²) in [6.07, 6.45) is -0.598. The van der Waals surface area contributed by atoms with Crippen molar-refractivity contribution in [2.24, 2.45) is 4.99 Å². The number of carbonyl (C=O) groups excluding carboxylic acids is 3. The summed E-state index contributed by atoms with van der Waals surface area (Å²) in [6.45, 7) is 5.74. The number of guanidine groups is 1. The van der Waals surface area contributed by atoms with Gasteiger partial charge < -0.3 is 9.80 Å². The summed E-state index contributed by atoms with van der Waals surface area (Å²) >= 11 is 0. The first-order valence-corrected chi connectivity index (χ1v) is 9.25. The zero-order chi connectivity index (χ0) is 20.2. The number of likely N-dealkylation sites (N-methyl/N-ethyl adjacent to an activating group) is 1. The van der Waals surface area contributed by atoms with Crippen molar-refractivity contribution in [3.63, 3.8) is 0 Å². The maximum atomic E-state index is 13.1. The Labute approximate surface area is 163 Å². The number of carbonyl (C=O) groups is 3. The van der Waals surface area contributed by atoms with Gasteiger partial charge in [0, 0.05) is 18.4 Å². The highest BCUT2D eigenvalue weighted by atomic mass is 16.2. The Hall–Kier alpha value is -3.16. The summed E-state index contributed by atoms with van der Waals surface area (Å²) in [5.41, 5.74) is 3.08. The number of rotatable bonds is 4. The van der Waals surface area contributed by atoms with Gasteiger partial charge in [0.15, 0.2) is 12.2 Å². The topological polar surface area (TPSA) is 76.5 Å². The summed E-state index contributed by atoms with van der Waals surface area (Å²) in [4.78, 5) is 48.5. The number of allylic oxidation sites excluding steroid dienone is 2. The van der Waals surface area contributed by atoms with Crippen LogP contribution in [0.15, 0.2) is 46.7 Å². The number of imide groups is 1. The number of hydrogen-bond donors (Lipinski definition) is 0. The van der Waals surface area contributed by atoms with E-state index in [0.717, 1.165) is 21.9 Å². The maximum absolute atomic E-state index is 13.1. The Bertz CT molecular complexity index is 923. The number of urea groups is 1. The molecule has 1 aromatic carbocycles. The molecular formula is C20H23N5O3. The van der Waals surface area contributed by atoms with E-state index in [-0.39, 0.29) is 18.2 Å². The third-order valence-corrected chi connectivity index (χ3v) is 5.57. The standard InChI is InChI=1S/C20H23N5O3/c1-12(26)10-24-18(27)16-17(22(4)20(24)28)21-19-23(13(2)14(3)25(16)19)11-15-8-6-5-7-9-15/h5-9,16-17H,10-11H2,1-4H3. The number of benzene rings is 1. The highest BCUT2D eigenvalue weighted by Crippen LogP contribution is 2.38. The summed E-state index contributed by atoms with van der Waals surface area (Å²) < 4.78 is 0. The molecule has 3 aliphatic heterocycles. The van der Waals surface area contributed by atoms with Gasteiger partial charge in [0.2, 0.25) is 5.96 Å². The molecule has 1 fully saturated rings. The van der Waals surface area contributed by atoms with Crippen LogP contribution in [0.4, 0.5) is 4.79 Å². The van der Waals surface area contributed by atoms with Crippen LogP contribution < -0.4 is 0 Å². The molecule has 0 N–H and O–H groups in total. The van der Waals surface area contributed by atoms with Gasteiger partial charge in [-0.15, -0.1) is 0 Å². The van der Waals surface area contributed by atoms with Crippen molar-refractivity contribution in [1.29, 1.82) is 0 Å². The Balaban J connectivity index is 1.69. The highest BCUT2D eigenvalue weighted by molar-refractivity contribution is 6.06. The minimum Gasteiger partial charge on any atom is -0.310 e. The van der Waals surface area contributed by atoms with Crippen molar-refractivity contribution in [3.8, 4) is 0 Å². The van der Waals surface area contributed by atoms with Crippen molar-refractivity contribution < 1.29 is 14.4 Å². The average molecular weight is 381 g/mol. The molecule has 0 bridgehead atoms. The molecule has 0 spiro atoms. The van der Waals surface area contributed by atoms with Gasteiger partial charge in [-0.05, 0) is 26.3 Å². The number of fused-ring (bicyclic) bond motifs is 3. The molecule has 1 aromatic rings. The minimum absolute atomic E-state index is 0.218. The molecule has 28 heavy (non-hydrogen) atoms. The lowest BCUT2D eigenvalue weighted by Crippen LogP contribution is -2.65. The van der Waals surface area contributed by atoms with E-state index < -0.39 is 18.2 Å². The minimum atomic E-state index is -0.646. The Morgan fingerprint density at radius 1 is 1.07 bits per heavy atom. The fourth-order valence-corrected chi connectivity index (χ4v) is 4.00. The van der Waals surface area contributed by atoms with E-state index in [4.69, 9.17) is 4.99 Å². The molecule has 3 aliphatic rings. The lowest BCUT2D eigenvalue weighted by molar-refractivity contribution is -0.139. The Kier molecular flexibility index (Phi) is 4.21. The van der Waals surface area contributed by atoms with E-state index in [9.17, 15) is 14.4 Å². The van der Waals surface area contributed by atoms with Crippen LogP contribution in [0.5, 0.6) is 0 Å². The van der Waals surface area contributed by atoms with E-state index in [0.29, 0.717) is 12.5 Å². The molecule has 2 atom stereocenters. The molecule has 4 rings (SSSR count). The van der Waals surface area contributed by atoms with Crippen LogP contribution in [0.25, 0.3) is 0 Å². The molecule has 146 valence electrons. The van der Waals surface area contributed by atoms with Gasteiger partial charge in [-0.1, -0.05) is 30.3 Å². The molecule has 8 nitrogen and oxygen atoms in total. The van der Waals surface area contributed by atoms with E-state index >= 15 is 0 Å². The zero-order valence-electron chi connectivity index (χ0n) is 16.4. The molecule has 2 unspecified atom stereocenters. The largest absolute Gasteiger partial charge is 0.328 e. The van der Waals surface area contributed by atoms with Crippen molar-refractivity contribution in [2.45, 2.75) is 39.5 Å². The van der Waals surface area contributed by atoms with Gasteiger partial charge in [0.25, 0.3) is 5.91 Å². The van der Waals surface area contributed by atoms with Crippen LogP contribution in [-0.2, 0) is 16.1 Å². The zero-order valence-corrected chi connectivity index (χ0v) is 16.4. The predicted molar refractivity (Wildman–Crippen MR) is 103 cm³/mol. The second-order valence-corrected chi connectivity index (χ2v) is 7.42. The monoisotopic (exact) mass is 381 g/mol. The smallest absolute Gasteiger partial charge is 0.310 e. The third kappa shape index (κ3) is 2.59. The number of Topliss-reactive ketones (excluding diaryl/α,β-unsaturated/α-hetero) is 1. The summed E-state index contributed by atoms with van der Waals surface area (Å²) in [7, 11) is 1.62. The van der Waals surface area contributed by atoms with E-state index in [1.807, 2.05) is 49.1 Å². The van der Waals surface area contributed by atoms with E-state index in [1.54, 1.807) is 7.05 Å². The SMILES string of the molecule is CC(=O)CN1C(=O)C2C(N=C3N(Cc4ccccc4)C(C)=C(C)N32)N(C)C1=O. The van der Waals surface area contributed by atoms with Crippen LogP contribution in [0.2, 0.25) is 0 Å². The quantitative estimate of drug-likeness (QED) is 0.792. The molecule has 0 aromatic heterocycles. The van der Waals surface area contributed by atoms with Crippen molar-refractivity contribution in [2.75, 3.05) is 13.6 Å². The first-order chi connectivity index (χ1) is 13.3. The summed E-state index contributed by atoms with van der Waals surface area (Å²) in [5, 5.41) is 0. The van der Waals surface area contributed by atoms with Gasteiger partial charge in [0.1, 0.15) is 5.78 Å². The molecule has 0 aliphatic carbocycles. The fraction of sp³-hybridized carbons (Fsp3) is 0.400. The van der Waals surface area contributed by atoms with Crippen LogP contribution >= 0.6 is 0 Å². The van der Waals surface area contributed by atoms with Gasteiger partial charge >= 0.3 is 6.03 Å². The van der Waals surface area contributed by atoms with Crippen LogP contribution in [0.1, 0.15) is 26.3 Å². The van der Waals surface area contributed by atoms with Crippen molar-refractivity contribution in [1.82, 2.24) is 19.6 Å². The first-order valence-electron chi connectivity index (χ1n) is 9.25. The number of hydrogen-bond acceptors (Lipinski definition) is 6. The molecule has 8 heteroatoms. The predicted octanol–water partition coefficient (Wildman–Crippen LogP) is 1.60. The molecule has 0 radical (unpaired) electrons. The van der Waals surface area contributed by atoms with E-state index in [1.165, 1.54) is 11.8 Å². The van der Waals surface area contributed by atoms with Crippen molar-refractivity contribution in [3.05, 3.63) is 47.3 Å². The van der Waals surface area contributed by atoms with Gasteiger partial charge in [-0.3, -0.25) is 19.4 Å². The molecule has 1 saturated heterocycles. The lowest BCUT2D eigenvalue weighted by Gasteiger charge is -2.40. The number of aliphatic imine (C=N–C) groups is 1. The second-order valence-electron chi connectivity index (χ2n) is 7.42. The number of amides is 3. The molecule has 0 saturated carbocycles. The first kappa shape index (κ1) is 18.2. The van der Waals surface area contributed by atoms with Crippen LogP contribution in [-0.4, -0.2) is 69.1 Å². The van der Waals surface area contributed by atoms with Gasteiger partial charge in [0.05, 0.1) is 13.1 Å². The highest BCUT2D eigenvalue weighted by Gasteiger charge is 2.55. The van der Waals surface area contributed by atoms with Crippen LogP contribution in [0, 0.1) is 0 Å².